The number of ether oxygens (including phenoxy) is 1. The highest BCUT2D eigenvalue weighted by Crippen LogP contribution is 2.25. The van der Waals surface area contributed by atoms with E-state index >= 15 is 0 Å². The number of halogens is 1. The van der Waals surface area contributed by atoms with Gasteiger partial charge in [-0.15, -0.1) is 0 Å². The van der Waals surface area contributed by atoms with Crippen LogP contribution in [0.5, 0.6) is 0 Å². The van der Waals surface area contributed by atoms with Crippen LogP contribution in [-0.2, 0) is 9.53 Å². The second-order valence-electron chi connectivity index (χ2n) is 5.75. The number of benzene rings is 2. The van der Waals surface area contributed by atoms with Crippen molar-refractivity contribution in [3.8, 4) is 0 Å². The largest absolute Gasteiger partial charge is 0.420 e. The van der Waals surface area contributed by atoms with Crippen molar-refractivity contribution in [2.75, 3.05) is 6.54 Å². The summed E-state index contributed by atoms with van der Waals surface area (Å²) in [6.07, 6.45) is 1.92. The summed E-state index contributed by atoms with van der Waals surface area (Å²) in [5, 5.41) is 3.56. The summed E-state index contributed by atoms with van der Waals surface area (Å²) in [6, 6.07) is 16.0. The Hall–Kier alpha value is -2.59. The van der Waals surface area contributed by atoms with Crippen LogP contribution in [0.4, 0.5) is 0 Å². The Morgan fingerprint density at radius 3 is 2.31 bits per heavy atom. The molecule has 5 heteroatoms. The van der Waals surface area contributed by atoms with Crippen molar-refractivity contribution in [2.45, 2.75) is 26.7 Å². The van der Waals surface area contributed by atoms with Gasteiger partial charge in [0.2, 0.25) is 11.5 Å². The molecule has 2 rings (SSSR count). The molecule has 0 radical (unpaired) electrons. The molecule has 0 bridgehead atoms. The van der Waals surface area contributed by atoms with Gasteiger partial charge in [0.25, 0.3) is 0 Å². The normalized spacial score (nSPS) is 11.5. The van der Waals surface area contributed by atoms with Crippen molar-refractivity contribution >= 4 is 29.1 Å². The number of unbranched alkanes of at least 4 members (excludes halogenated alkanes) is 1. The third-order valence-corrected chi connectivity index (χ3v) is 4.02. The van der Waals surface area contributed by atoms with Gasteiger partial charge in [-0.1, -0.05) is 67.4 Å². The maximum atomic E-state index is 13.1. The second-order valence-corrected chi connectivity index (χ2v) is 6.16. The van der Waals surface area contributed by atoms with Gasteiger partial charge in [0, 0.05) is 24.6 Å². The van der Waals surface area contributed by atoms with Gasteiger partial charge < -0.3 is 10.1 Å². The van der Waals surface area contributed by atoms with Gasteiger partial charge >= 0.3 is 5.97 Å². The van der Waals surface area contributed by atoms with Crippen molar-refractivity contribution in [3.63, 3.8) is 0 Å². The van der Waals surface area contributed by atoms with Crippen molar-refractivity contribution in [3.05, 3.63) is 76.5 Å². The molecule has 0 unspecified atom stereocenters. The molecular formula is C21H22ClNO3. The topological polar surface area (TPSA) is 55.4 Å². The fourth-order valence-corrected chi connectivity index (χ4v) is 2.65. The first-order valence-electron chi connectivity index (χ1n) is 8.55. The SMILES string of the molecule is CCCCN/C(=C(/OC(C)=O)C(=O)c1ccccc1Cl)c1ccccc1. The first-order chi connectivity index (χ1) is 12.5. The van der Waals surface area contributed by atoms with Gasteiger partial charge in [0.05, 0.1) is 10.7 Å². The number of hydrogen-bond acceptors (Lipinski definition) is 4. The molecule has 26 heavy (non-hydrogen) atoms. The molecule has 0 aliphatic carbocycles. The van der Waals surface area contributed by atoms with Crippen LogP contribution in [0.25, 0.3) is 5.70 Å². The van der Waals surface area contributed by atoms with Gasteiger partial charge in [-0.25, -0.2) is 0 Å². The Morgan fingerprint density at radius 2 is 1.69 bits per heavy atom. The number of nitrogens with one attached hydrogen (secondary N) is 1. The molecule has 4 nitrogen and oxygen atoms in total. The highest BCUT2D eigenvalue weighted by molar-refractivity contribution is 6.35. The second kappa shape index (κ2) is 9.78. The summed E-state index contributed by atoms with van der Waals surface area (Å²) < 4.78 is 5.34. The summed E-state index contributed by atoms with van der Waals surface area (Å²) in [4.78, 5) is 24.8. The molecule has 0 aliphatic heterocycles. The molecule has 0 fully saturated rings. The smallest absolute Gasteiger partial charge is 0.308 e. The molecule has 0 aliphatic rings. The van der Waals surface area contributed by atoms with E-state index in [1.165, 1.54) is 6.92 Å². The van der Waals surface area contributed by atoms with E-state index in [2.05, 4.69) is 12.2 Å². The van der Waals surface area contributed by atoms with Crippen molar-refractivity contribution in [1.82, 2.24) is 5.32 Å². The van der Waals surface area contributed by atoms with Crippen LogP contribution in [0.1, 0.15) is 42.6 Å². The van der Waals surface area contributed by atoms with Crippen LogP contribution in [0.2, 0.25) is 5.02 Å². The molecule has 0 saturated heterocycles. The minimum atomic E-state index is -0.564. The Balaban J connectivity index is 2.57. The predicted octanol–water partition coefficient (Wildman–Crippen LogP) is 4.84. The third-order valence-electron chi connectivity index (χ3n) is 3.69. The zero-order chi connectivity index (χ0) is 18.9. The third kappa shape index (κ3) is 5.20. The maximum absolute atomic E-state index is 13.1. The van der Waals surface area contributed by atoms with Crippen LogP contribution < -0.4 is 5.32 Å². The molecule has 0 heterocycles. The highest BCUT2D eigenvalue weighted by Gasteiger charge is 2.23. The Labute approximate surface area is 158 Å². The van der Waals surface area contributed by atoms with Gasteiger partial charge in [0.15, 0.2) is 0 Å². The molecule has 1 N–H and O–H groups in total. The van der Waals surface area contributed by atoms with E-state index in [0.29, 0.717) is 17.3 Å². The van der Waals surface area contributed by atoms with Gasteiger partial charge in [-0.05, 0) is 18.6 Å². The average molecular weight is 372 g/mol. The summed E-state index contributed by atoms with van der Waals surface area (Å²) in [5.74, 6) is -1.05. The van der Waals surface area contributed by atoms with Crippen LogP contribution in [0, 0.1) is 0 Å². The van der Waals surface area contributed by atoms with Gasteiger partial charge in [-0.3, -0.25) is 9.59 Å². The lowest BCUT2D eigenvalue weighted by Gasteiger charge is -2.17. The number of carbonyl (C=O) groups excluding carboxylic acids is 2. The number of carbonyl (C=O) groups is 2. The van der Waals surface area contributed by atoms with Gasteiger partial charge in [0.1, 0.15) is 0 Å². The van der Waals surface area contributed by atoms with Crippen LogP contribution in [0.15, 0.2) is 60.4 Å². The van der Waals surface area contributed by atoms with Crippen molar-refractivity contribution in [1.29, 1.82) is 0 Å². The van der Waals surface area contributed by atoms with Crippen LogP contribution in [0.3, 0.4) is 0 Å². The zero-order valence-corrected chi connectivity index (χ0v) is 15.7. The molecule has 0 aromatic heterocycles. The number of allylic oxidation sites excluding steroid dienone is 1. The molecule has 0 saturated carbocycles. The lowest BCUT2D eigenvalue weighted by molar-refractivity contribution is -0.136. The van der Waals surface area contributed by atoms with Crippen molar-refractivity contribution in [2.24, 2.45) is 0 Å². The van der Waals surface area contributed by atoms with E-state index in [-0.39, 0.29) is 11.3 Å². The van der Waals surface area contributed by atoms with E-state index in [1.54, 1.807) is 24.3 Å². The number of hydrogen-bond donors (Lipinski definition) is 1. The van der Waals surface area contributed by atoms with Gasteiger partial charge in [-0.2, -0.15) is 0 Å². The minimum absolute atomic E-state index is 0.0482. The average Bonchev–Trinajstić information content (AvgIpc) is 2.64. The number of esters is 1. The standard InChI is InChI=1S/C21H22ClNO3/c1-3-4-14-23-19(16-10-6-5-7-11-16)21(26-15(2)24)20(25)17-12-8-9-13-18(17)22/h5-13,23H,3-4,14H2,1-2H3/b21-19+. The van der Waals surface area contributed by atoms with E-state index in [0.717, 1.165) is 18.4 Å². The van der Waals surface area contributed by atoms with Crippen LogP contribution in [-0.4, -0.2) is 18.3 Å². The summed E-state index contributed by atoms with van der Waals surface area (Å²) in [7, 11) is 0. The molecule has 2 aromatic carbocycles. The molecule has 0 atom stereocenters. The summed E-state index contributed by atoms with van der Waals surface area (Å²) in [5.41, 5.74) is 1.54. The number of Topliss-reactive ketones (excluding diaryl/α,β-unsaturated/α-hetero) is 1. The Morgan fingerprint density at radius 1 is 1.04 bits per heavy atom. The fraction of sp³-hybridized carbons (Fsp3) is 0.238. The molecule has 2 aromatic rings. The van der Waals surface area contributed by atoms with E-state index in [1.807, 2.05) is 30.3 Å². The highest BCUT2D eigenvalue weighted by atomic mass is 35.5. The quantitative estimate of drug-likeness (QED) is 0.237. The molecule has 0 amide bonds. The lowest BCUT2D eigenvalue weighted by Crippen LogP contribution is -2.21. The number of ketones is 1. The lowest BCUT2D eigenvalue weighted by atomic mass is 10.0. The molecule has 136 valence electrons. The predicted molar refractivity (Wildman–Crippen MR) is 104 cm³/mol. The van der Waals surface area contributed by atoms with E-state index < -0.39 is 11.8 Å². The molecular weight excluding hydrogens is 350 g/mol. The maximum Gasteiger partial charge on any atom is 0.308 e. The minimum Gasteiger partial charge on any atom is -0.420 e. The fourth-order valence-electron chi connectivity index (χ4n) is 2.43. The van der Waals surface area contributed by atoms with Crippen molar-refractivity contribution < 1.29 is 14.3 Å². The Kier molecular flexibility index (Phi) is 7.42. The Bertz CT molecular complexity index is 800. The van der Waals surface area contributed by atoms with E-state index in [4.69, 9.17) is 16.3 Å². The monoisotopic (exact) mass is 371 g/mol. The summed E-state index contributed by atoms with van der Waals surface area (Å²) in [6.45, 7) is 4.01. The summed E-state index contributed by atoms with van der Waals surface area (Å²) >= 11 is 6.17. The number of rotatable bonds is 8. The first kappa shape index (κ1) is 19.7. The first-order valence-corrected chi connectivity index (χ1v) is 8.93. The van der Waals surface area contributed by atoms with E-state index in [9.17, 15) is 9.59 Å². The van der Waals surface area contributed by atoms with Crippen LogP contribution >= 0.6 is 11.6 Å². The zero-order valence-electron chi connectivity index (χ0n) is 14.9. The molecule has 0 spiro atoms.